The molecule has 3 aromatic carbocycles. The summed E-state index contributed by atoms with van der Waals surface area (Å²) in [6, 6.07) is 26.2. The lowest BCUT2D eigenvalue weighted by molar-refractivity contribution is -0.127. The minimum absolute atomic E-state index is 0.194. The molecule has 0 unspecified atom stereocenters. The predicted molar refractivity (Wildman–Crippen MR) is 112 cm³/mol. The maximum Gasteiger partial charge on any atom is 0.261 e. The number of hydrogen-bond acceptors (Lipinski definition) is 3. The van der Waals surface area contributed by atoms with Gasteiger partial charge in [0.2, 0.25) is 0 Å². The fourth-order valence-electron chi connectivity index (χ4n) is 2.78. The summed E-state index contributed by atoms with van der Waals surface area (Å²) < 4.78 is 5.73. The monoisotopic (exact) mass is 388 g/mol. The molecule has 0 heterocycles. The van der Waals surface area contributed by atoms with Crippen molar-refractivity contribution in [1.82, 2.24) is 10.6 Å². The number of amides is 2. The van der Waals surface area contributed by atoms with Crippen LogP contribution in [0.25, 0.3) is 0 Å². The molecule has 5 heteroatoms. The van der Waals surface area contributed by atoms with E-state index < -0.39 is 6.10 Å². The van der Waals surface area contributed by atoms with Gasteiger partial charge in [-0.25, -0.2) is 0 Å². The predicted octanol–water partition coefficient (Wildman–Crippen LogP) is 3.70. The summed E-state index contributed by atoms with van der Waals surface area (Å²) >= 11 is 0. The first kappa shape index (κ1) is 20.1. The van der Waals surface area contributed by atoms with Crippen molar-refractivity contribution in [2.24, 2.45) is 0 Å². The highest BCUT2D eigenvalue weighted by atomic mass is 16.5. The molecule has 5 nitrogen and oxygen atoms in total. The van der Waals surface area contributed by atoms with Gasteiger partial charge in [0, 0.05) is 18.7 Å². The van der Waals surface area contributed by atoms with E-state index in [2.05, 4.69) is 10.6 Å². The molecule has 0 aliphatic heterocycles. The average molecular weight is 388 g/mol. The second kappa shape index (κ2) is 10.1. The Morgan fingerprint density at radius 1 is 0.793 bits per heavy atom. The zero-order valence-corrected chi connectivity index (χ0v) is 16.3. The minimum Gasteiger partial charge on any atom is -0.481 e. The molecule has 0 fully saturated rings. The topological polar surface area (TPSA) is 67.4 Å². The molecule has 0 aromatic heterocycles. The lowest BCUT2D eigenvalue weighted by atomic mass is 10.2. The minimum atomic E-state index is -0.679. The highest BCUT2D eigenvalue weighted by molar-refractivity contribution is 5.94. The van der Waals surface area contributed by atoms with E-state index in [1.54, 1.807) is 31.2 Å². The lowest BCUT2D eigenvalue weighted by Gasteiger charge is -2.15. The van der Waals surface area contributed by atoms with Crippen LogP contribution < -0.4 is 15.4 Å². The summed E-state index contributed by atoms with van der Waals surface area (Å²) in [5.74, 6) is 0.0630. The van der Waals surface area contributed by atoms with Crippen LogP contribution in [0.15, 0.2) is 84.9 Å². The SMILES string of the molecule is C[C@@H](Oc1cccc(C(=O)NCc2ccccc2)c1)C(=O)NCc1ccccc1. The molecule has 0 saturated heterocycles. The zero-order valence-electron chi connectivity index (χ0n) is 16.3. The van der Waals surface area contributed by atoms with Crippen molar-refractivity contribution >= 4 is 11.8 Å². The van der Waals surface area contributed by atoms with E-state index in [0.29, 0.717) is 24.4 Å². The summed E-state index contributed by atoms with van der Waals surface area (Å²) in [4.78, 5) is 24.7. The third kappa shape index (κ3) is 6.21. The molecule has 148 valence electrons. The third-order valence-electron chi connectivity index (χ3n) is 4.38. The van der Waals surface area contributed by atoms with Crippen LogP contribution in [0.2, 0.25) is 0 Å². The van der Waals surface area contributed by atoms with Gasteiger partial charge in [0.15, 0.2) is 6.10 Å². The number of hydrogen-bond donors (Lipinski definition) is 2. The van der Waals surface area contributed by atoms with Crippen molar-refractivity contribution in [3.63, 3.8) is 0 Å². The number of benzene rings is 3. The highest BCUT2D eigenvalue weighted by Crippen LogP contribution is 2.15. The number of carbonyl (C=O) groups is 2. The Morgan fingerprint density at radius 2 is 1.38 bits per heavy atom. The lowest BCUT2D eigenvalue weighted by Crippen LogP contribution is -2.35. The molecule has 0 aliphatic carbocycles. The van der Waals surface area contributed by atoms with E-state index in [9.17, 15) is 9.59 Å². The van der Waals surface area contributed by atoms with Crippen molar-refractivity contribution in [2.75, 3.05) is 0 Å². The van der Waals surface area contributed by atoms with Crippen molar-refractivity contribution in [1.29, 1.82) is 0 Å². The Kier molecular flexibility index (Phi) is 7.00. The average Bonchev–Trinajstić information content (AvgIpc) is 2.77. The van der Waals surface area contributed by atoms with Gasteiger partial charge in [0.1, 0.15) is 5.75 Å². The maximum atomic E-state index is 12.4. The molecule has 0 bridgehead atoms. The zero-order chi connectivity index (χ0) is 20.5. The van der Waals surface area contributed by atoms with Crippen LogP contribution in [0, 0.1) is 0 Å². The van der Waals surface area contributed by atoms with Gasteiger partial charge in [-0.05, 0) is 36.2 Å². The van der Waals surface area contributed by atoms with Gasteiger partial charge in [0.25, 0.3) is 11.8 Å². The van der Waals surface area contributed by atoms with E-state index in [-0.39, 0.29) is 11.8 Å². The fourth-order valence-corrected chi connectivity index (χ4v) is 2.78. The smallest absolute Gasteiger partial charge is 0.261 e. The van der Waals surface area contributed by atoms with Crippen molar-refractivity contribution < 1.29 is 14.3 Å². The quantitative estimate of drug-likeness (QED) is 0.618. The van der Waals surface area contributed by atoms with Crippen LogP contribution in [-0.4, -0.2) is 17.9 Å². The van der Waals surface area contributed by atoms with Gasteiger partial charge in [-0.15, -0.1) is 0 Å². The molecule has 0 aliphatic rings. The summed E-state index contributed by atoms with van der Waals surface area (Å²) in [6.07, 6.45) is -0.679. The molecule has 1 atom stereocenters. The van der Waals surface area contributed by atoms with Crippen molar-refractivity contribution in [3.05, 3.63) is 102 Å². The maximum absolute atomic E-state index is 12.4. The first-order valence-electron chi connectivity index (χ1n) is 9.52. The Bertz CT molecular complexity index is 943. The molecule has 2 amide bonds. The Hall–Kier alpha value is -3.60. The summed E-state index contributed by atoms with van der Waals surface area (Å²) in [6.45, 7) is 2.57. The Morgan fingerprint density at radius 3 is 2.00 bits per heavy atom. The fraction of sp³-hybridized carbons (Fsp3) is 0.167. The van der Waals surface area contributed by atoms with E-state index in [1.165, 1.54) is 0 Å². The molecule has 0 saturated carbocycles. The molecule has 29 heavy (non-hydrogen) atoms. The molecule has 0 spiro atoms. The first-order valence-corrected chi connectivity index (χ1v) is 9.52. The van der Waals surface area contributed by atoms with E-state index >= 15 is 0 Å². The van der Waals surface area contributed by atoms with Gasteiger partial charge in [0.05, 0.1) is 0 Å². The number of carbonyl (C=O) groups excluding carboxylic acids is 2. The second-order valence-electron chi connectivity index (χ2n) is 6.66. The normalized spacial score (nSPS) is 11.3. The van der Waals surface area contributed by atoms with Gasteiger partial charge < -0.3 is 15.4 Å². The summed E-state index contributed by atoms with van der Waals surface area (Å²) in [5, 5.41) is 5.73. The van der Waals surface area contributed by atoms with Gasteiger partial charge in [-0.1, -0.05) is 66.7 Å². The molecule has 3 rings (SSSR count). The van der Waals surface area contributed by atoms with Crippen LogP contribution >= 0.6 is 0 Å². The van der Waals surface area contributed by atoms with Crippen molar-refractivity contribution in [2.45, 2.75) is 26.1 Å². The third-order valence-corrected chi connectivity index (χ3v) is 4.38. The van der Waals surface area contributed by atoms with Crippen LogP contribution in [0.4, 0.5) is 0 Å². The highest BCUT2D eigenvalue weighted by Gasteiger charge is 2.15. The number of ether oxygens (including phenoxy) is 1. The second-order valence-corrected chi connectivity index (χ2v) is 6.66. The Balaban J connectivity index is 1.53. The summed E-state index contributed by atoms with van der Waals surface area (Å²) in [7, 11) is 0. The molecule has 3 aromatic rings. The molecular weight excluding hydrogens is 364 g/mol. The number of rotatable bonds is 8. The van der Waals surface area contributed by atoms with Gasteiger partial charge in [-0.3, -0.25) is 9.59 Å². The molecule has 2 N–H and O–H groups in total. The summed E-state index contributed by atoms with van der Waals surface area (Å²) in [5.41, 5.74) is 2.53. The van der Waals surface area contributed by atoms with E-state index in [1.807, 2.05) is 60.7 Å². The van der Waals surface area contributed by atoms with E-state index in [0.717, 1.165) is 11.1 Å². The van der Waals surface area contributed by atoms with E-state index in [4.69, 9.17) is 4.74 Å². The molecular formula is C24H24N2O3. The van der Waals surface area contributed by atoms with Crippen LogP contribution in [-0.2, 0) is 17.9 Å². The van der Waals surface area contributed by atoms with Gasteiger partial charge in [-0.2, -0.15) is 0 Å². The van der Waals surface area contributed by atoms with Crippen LogP contribution in [0.3, 0.4) is 0 Å². The largest absolute Gasteiger partial charge is 0.481 e. The van der Waals surface area contributed by atoms with Crippen LogP contribution in [0.1, 0.15) is 28.4 Å². The van der Waals surface area contributed by atoms with Gasteiger partial charge >= 0.3 is 0 Å². The standard InChI is InChI=1S/C24H24N2O3/c1-18(23(27)25-16-19-9-4-2-5-10-19)29-22-14-8-13-21(15-22)24(28)26-17-20-11-6-3-7-12-20/h2-15,18H,16-17H2,1H3,(H,25,27)(H,26,28)/t18-/m1/s1. The Labute approximate surface area is 170 Å². The molecule has 0 radical (unpaired) electrons. The van der Waals surface area contributed by atoms with Crippen LogP contribution in [0.5, 0.6) is 5.75 Å². The van der Waals surface area contributed by atoms with Crippen molar-refractivity contribution in [3.8, 4) is 5.75 Å². The first-order chi connectivity index (χ1) is 14.1. The number of nitrogens with one attached hydrogen (secondary N) is 2.